The van der Waals surface area contributed by atoms with Gasteiger partial charge in [0.1, 0.15) is 29.8 Å². The van der Waals surface area contributed by atoms with Crippen LogP contribution in [0.2, 0.25) is 0 Å². The first-order valence-corrected chi connectivity index (χ1v) is 10.5. The van der Waals surface area contributed by atoms with Crippen LogP contribution in [0.3, 0.4) is 0 Å². The van der Waals surface area contributed by atoms with Gasteiger partial charge in [0.25, 0.3) is 0 Å². The summed E-state index contributed by atoms with van der Waals surface area (Å²) in [5, 5.41) is 0. The van der Waals surface area contributed by atoms with E-state index in [1.54, 1.807) is 12.1 Å². The van der Waals surface area contributed by atoms with Crippen LogP contribution in [0, 0.1) is 0 Å². The SMILES string of the molecule is COc1ccc(S(=O)C(F)[C@@H]2C[C@@H](OC(C)=O)[C@H](n3cnc4c(N)ncnc43)O2)cc1. The number of benzene rings is 1. The Balaban J connectivity index is 1.60. The van der Waals surface area contributed by atoms with Crippen molar-refractivity contribution in [2.24, 2.45) is 0 Å². The zero-order valence-electron chi connectivity index (χ0n) is 16.7. The number of nitrogens with two attached hydrogens (primary N) is 1. The third kappa shape index (κ3) is 4.08. The van der Waals surface area contributed by atoms with E-state index >= 15 is 4.39 Å². The Bertz CT molecular complexity index is 1120. The summed E-state index contributed by atoms with van der Waals surface area (Å²) in [5.41, 5.74) is 4.66. The van der Waals surface area contributed by atoms with Gasteiger partial charge in [0.2, 0.25) is 5.50 Å². The summed E-state index contributed by atoms with van der Waals surface area (Å²) < 4.78 is 45.8. The maximum atomic E-state index is 15.2. The number of nitrogens with zero attached hydrogens (tertiary/aromatic N) is 4. The van der Waals surface area contributed by atoms with Crippen LogP contribution in [-0.4, -0.2) is 54.5 Å². The molecule has 3 heterocycles. The van der Waals surface area contributed by atoms with Crippen LogP contribution in [0.4, 0.5) is 10.2 Å². The number of nitrogen functional groups attached to an aromatic ring is 1. The lowest BCUT2D eigenvalue weighted by atomic mass is 10.2. The molecule has 1 aliphatic rings. The number of hydrogen-bond donors (Lipinski definition) is 1. The molecule has 2 aromatic heterocycles. The summed E-state index contributed by atoms with van der Waals surface area (Å²) >= 11 is 0. The van der Waals surface area contributed by atoms with Crippen molar-refractivity contribution in [1.82, 2.24) is 19.5 Å². The number of carbonyl (C=O) groups excluding carboxylic acids is 1. The number of imidazole rings is 1. The van der Waals surface area contributed by atoms with Gasteiger partial charge < -0.3 is 19.9 Å². The molecule has 3 aromatic rings. The summed E-state index contributed by atoms with van der Waals surface area (Å²) in [6, 6.07) is 6.25. The quantitative estimate of drug-likeness (QED) is 0.559. The molecule has 1 aromatic carbocycles. The largest absolute Gasteiger partial charge is 0.497 e. The maximum absolute atomic E-state index is 15.2. The molecule has 0 spiro atoms. The van der Waals surface area contributed by atoms with Crippen molar-refractivity contribution < 1.29 is 27.6 Å². The van der Waals surface area contributed by atoms with Gasteiger partial charge in [-0.2, -0.15) is 0 Å². The number of fused-ring (bicyclic) bond motifs is 1. The smallest absolute Gasteiger partial charge is 0.303 e. The number of methoxy groups -OCH3 is 1. The van der Waals surface area contributed by atoms with E-state index in [0.717, 1.165) is 0 Å². The molecular weight excluding hydrogens is 429 g/mol. The summed E-state index contributed by atoms with van der Waals surface area (Å²) in [6.45, 7) is 1.25. The van der Waals surface area contributed by atoms with Crippen LogP contribution in [-0.2, 0) is 25.1 Å². The lowest BCUT2D eigenvalue weighted by molar-refractivity contribution is -0.152. The van der Waals surface area contributed by atoms with E-state index in [0.29, 0.717) is 16.9 Å². The van der Waals surface area contributed by atoms with Gasteiger partial charge in [0.15, 0.2) is 17.7 Å². The van der Waals surface area contributed by atoms with Crippen LogP contribution in [0.15, 0.2) is 41.8 Å². The molecule has 0 saturated carbocycles. The molecule has 2 N–H and O–H groups in total. The van der Waals surface area contributed by atoms with Crippen molar-refractivity contribution in [3.8, 4) is 5.75 Å². The van der Waals surface area contributed by atoms with Gasteiger partial charge in [-0.05, 0) is 24.3 Å². The van der Waals surface area contributed by atoms with Crippen LogP contribution >= 0.6 is 0 Å². The predicted octanol–water partition coefficient (Wildman–Crippen LogP) is 1.74. The number of esters is 1. The predicted molar refractivity (Wildman–Crippen MR) is 108 cm³/mol. The normalized spacial score (nSPS) is 22.9. The van der Waals surface area contributed by atoms with E-state index in [1.807, 2.05) is 0 Å². The molecule has 0 amide bonds. The lowest BCUT2D eigenvalue weighted by Gasteiger charge is -2.20. The Kier molecular flexibility index (Phi) is 5.83. The van der Waals surface area contributed by atoms with E-state index in [1.165, 1.54) is 43.4 Å². The Morgan fingerprint density at radius 3 is 2.74 bits per heavy atom. The van der Waals surface area contributed by atoms with E-state index in [2.05, 4.69) is 15.0 Å². The number of halogens is 1. The van der Waals surface area contributed by atoms with Gasteiger partial charge in [-0.1, -0.05) is 0 Å². The van der Waals surface area contributed by atoms with Gasteiger partial charge in [-0.15, -0.1) is 0 Å². The number of rotatable bonds is 6. The van der Waals surface area contributed by atoms with Crippen LogP contribution in [0.5, 0.6) is 5.75 Å². The van der Waals surface area contributed by atoms with E-state index in [4.69, 9.17) is 19.9 Å². The third-order valence-electron chi connectivity index (χ3n) is 4.86. The number of anilines is 1. The molecule has 1 aliphatic heterocycles. The second-order valence-corrected chi connectivity index (χ2v) is 8.37. The zero-order valence-corrected chi connectivity index (χ0v) is 17.5. The van der Waals surface area contributed by atoms with Gasteiger partial charge >= 0.3 is 5.97 Å². The highest BCUT2D eigenvalue weighted by atomic mass is 32.2. The standard InChI is InChI=1S/C19H20FN5O5S/c1-10(26)29-14-7-13(16(20)31(27)12-5-3-11(28-2)4-6-12)30-19(14)25-9-24-15-17(21)22-8-23-18(15)25/h3-6,8-9,13-14,16,19H,7H2,1-2H3,(H2,21,22,23)/t13-,14+,16?,19+,31?/m0/s1. The molecule has 12 heteroatoms. The van der Waals surface area contributed by atoms with Gasteiger partial charge in [-0.25, -0.2) is 19.3 Å². The molecule has 0 radical (unpaired) electrons. The van der Waals surface area contributed by atoms with Crippen molar-refractivity contribution in [3.05, 3.63) is 36.9 Å². The second-order valence-electron chi connectivity index (χ2n) is 6.86. The molecule has 164 valence electrons. The van der Waals surface area contributed by atoms with E-state index < -0.39 is 40.7 Å². The first-order valence-electron chi connectivity index (χ1n) is 9.33. The average molecular weight is 449 g/mol. The van der Waals surface area contributed by atoms with Crippen LogP contribution < -0.4 is 10.5 Å². The highest BCUT2D eigenvalue weighted by Crippen LogP contribution is 2.37. The number of alkyl halides is 1. The Morgan fingerprint density at radius 2 is 2.06 bits per heavy atom. The van der Waals surface area contributed by atoms with Gasteiger partial charge in [-0.3, -0.25) is 13.6 Å². The monoisotopic (exact) mass is 449 g/mol. The molecule has 0 aliphatic carbocycles. The zero-order chi connectivity index (χ0) is 22.1. The minimum Gasteiger partial charge on any atom is -0.497 e. The molecule has 0 bridgehead atoms. The fraction of sp³-hybridized carbons (Fsp3) is 0.368. The number of ether oxygens (including phenoxy) is 3. The number of hydrogen-bond acceptors (Lipinski definition) is 9. The summed E-state index contributed by atoms with van der Waals surface area (Å²) in [4.78, 5) is 24.1. The van der Waals surface area contributed by atoms with Crippen molar-refractivity contribution in [2.75, 3.05) is 12.8 Å². The lowest BCUT2D eigenvalue weighted by Crippen LogP contribution is -2.26. The molecule has 2 unspecified atom stereocenters. The van der Waals surface area contributed by atoms with Crippen LogP contribution in [0.25, 0.3) is 11.2 Å². The van der Waals surface area contributed by atoms with E-state index in [9.17, 15) is 9.00 Å². The maximum Gasteiger partial charge on any atom is 0.303 e. The third-order valence-corrected chi connectivity index (χ3v) is 6.31. The van der Waals surface area contributed by atoms with Gasteiger partial charge in [0, 0.05) is 18.2 Å². The molecule has 1 saturated heterocycles. The first kappa shape index (κ1) is 21.1. The van der Waals surface area contributed by atoms with E-state index in [-0.39, 0.29) is 17.1 Å². The van der Waals surface area contributed by atoms with Gasteiger partial charge in [0.05, 0.1) is 24.2 Å². The van der Waals surface area contributed by atoms with Crippen molar-refractivity contribution >= 4 is 33.8 Å². The fourth-order valence-electron chi connectivity index (χ4n) is 3.43. The number of aromatic nitrogens is 4. The second kappa shape index (κ2) is 8.55. The highest BCUT2D eigenvalue weighted by Gasteiger charge is 2.45. The Hall–Kier alpha value is -3.12. The molecule has 4 rings (SSSR count). The summed E-state index contributed by atoms with van der Waals surface area (Å²) in [7, 11) is -0.503. The molecule has 10 nitrogen and oxygen atoms in total. The number of carbonyl (C=O) groups is 1. The summed E-state index contributed by atoms with van der Waals surface area (Å²) in [6.07, 6.45) is -0.157. The molecule has 5 atom stereocenters. The fourth-order valence-corrected chi connectivity index (χ4v) is 4.55. The minimum atomic E-state index is -2.01. The molecular formula is C19H20FN5O5S. The Morgan fingerprint density at radius 1 is 1.32 bits per heavy atom. The minimum absolute atomic E-state index is 0.00749. The Labute approximate surface area is 179 Å². The first-order chi connectivity index (χ1) is 14.9. The topological polar surface area (TPSA) is 131 Å². The van der Waals surface area contributed by atoms with Crippen LogP contribution in [0.1, 0.15) is 19.6 Å². The molecule has 31 heavy (non-hydrogen) atoms. The highest BCUT2D eigenvalue weighted by molar-refractivity contribution is 7.85. The summed E-state index contributed by atoms with van der Waals surface area (Å²) in [5.74, 6) is 0.187. The van der Waals surface area contributed by atoms with Crippen molar-refractivity contribution in [1.29, 1.82) is 0 Å². The van der Waals surface area contributed by atoms with Crippen molar-refractivity contribution in [3.63, 3.8) is 0 Å². The van der Waals surface area contributed by atoms with Crippen molar-refractivity contribution in [2.45, 2.75) is 42.2 Å². The molecule has 1 fully saturated rings. The average Bonchev–Trinajstić information content (AvgIpc) is 3.37.